The van der Waals surface area contributed by atoms with Crippen LogP contribution >= 0.6 is 0 Å². The fraction of sp³-hybridized carbons (Fsp3) is 0.444. The summed E-state index contributed by atoms with van der Waals surface area (Å²) in [5.74, 6) is 1.12. The van der Waals surface area contributed by atoms with Gasteiger partial charge in [0.25, 0.3) is 10.0 Å². The Bertz CT molecular complexity index is 876. The Kier molecular flexibility index (Phi) is 5.31. The minimum absolute atomic E-state index is 0.0815. The number of nitrogens with zero attached hydrogens (tertiary/aromatic N) is 2. The quantitative estimate of drug-likeness (QED) is 0.804. The molecule has 1 aliphatic carbocycles. The maximum absolute atomic E-state index is 12.7. The molecule has 140 valence electrons. The molecule has 1 heterocycles. The number of methoxy groups -OCH3 is 1. The highest BCUT2D eigenvalue weighted by atomic mass is 32.2. The van der Waals surface area contributed by atoms with Crippen LogP contribution in [0, 0.1) is 13.8 Å². The molecule has 26 heavy (non-hydrogen) atoms. The molecule has 0 amide bonds. The topological polar surface area (TPSA) is 93.2 Å². The average Bonchev–Trinajstić information content (AvgIpc) is 3.11. The van der Waals surface area contributed by atoms with E-state index in [1.54, 1.807) is 24.3 Å². The summed E-state index contributed by atoms with van der Waals surface area (Å²) in [4.78, 5) is 0.0815. The van der Waals surface area contributed by atoms with E-state index in [2.05, 4.69) is 20.2 Å². The van der Waals surface area contributed by atoms with Crippen LogP contribution in [-0.4, -0.2) is 31.8 Å². The van der Waals surface area contributed by atoms with Gasteiger partial charge in [-0.15, -0.1) is 10.2 Å². The third kappa shape index (κ3) is 4.07. The average molecular weight is 376 g/mol. The number of sulfonamides is 1. The number of ether oxygens (including phenoxy) is 1. The molecule has 1 aliphatic rings. The van der Waals surface area contributed by atoms with Crippen LogP contribution < -0.4 is 14.8 Å². The van der Waals surface area contributed by atoms with E-state index in [1.807, 2.05) is 13.8 Å². The summed E-state index contributed by atoms with van der Waals surface area (Å²) in [7, 11) is -2.38. The summed E-state index contributed by atoms with van der Waals surface area (Å²) in [5.41, 5.74) is 1.83. The fourth-order valence-electron chi connectivity index (χ4n) is 3.07. The summed E-state index contributed by atoms with van der Waals surface area (Å²) >= 11 is 0. The highest BCUT2D eigenvalue weighted by Gasteiger charge is 2.22. The Hall–Kier alpha value is -2.35. The number of hydrogen-bond acceptors (Lipinski definition) is 6. The molecule has 1 saturated carbocycles. The van der Waals surface area contributed by atoms with Crippen molar-refractivity contribution in [3.8, 4) is 5.75 Å². The second-order valence-corrected chi connectivity index (χ2v) is 8.27. The van der Waals surface area contributed by atoms with Gasteiger partial charge in [0.15, 0.2) is 5.82 Å². The molecule has 1 aromatic carbocycles. The van der Waals surface area contributed by atoms with Crippen molar-refractivity contribution in [2.45, 2.75) is 50.5 Å². The molecule has 0 atom stereocenters. The van der Waals surface area contributed by atoms with E-state index in [4.69, 9.17) is 4.74 Å². The summed E-state index contributed by atoms with van der Waals surface area (Å²) in [5, 5.41) is 11.4. The molecule has 2 N–H and O–H groups in total. The van der Waals surface area contributed by atoms with Gasteiger partial charge in [-0.05, 0) is 62.1 Å². The first kappa shape index (κ1) is 18.4. The molecule has 0 unspecified atom stereocenters. The second-order valence-electron chi connectivity index (χ2n) is 6.62. The van der Waals surface area contributed by atoms with Gasteiger partial charge in [0.05, 0.1) is 7.11 Å². The van der Waals surface area contributed by atoms with Crippen molar-refractivity contribution in [2.75, 3.05) is 17.1 Å². The smallest absolute Gasteiger partial charge is 0.266 e. The fourth-order valence-corrected chi connectivity index (χ4v) is 4.30. The molecule has 0 spiro atoms. The number of benzene rings is 1. The van der Waals surface area contributed by atoms with Crippen molar-refractivity contribution in [3.63, 3.8) is 0 Å². The highest BCUT2D eigenvalue weighted by Crippen LogP contribution is 2.28. The Labute approximate surface area is 154 Å². The first-order valence-electron chi connectivity index (χ1n) is 8.67. The zero-order valence-corrected chi connectivity index (χ0v) is 16.1. The number of nitrogens with one attached hydrogen (secondary N) is 2. The molecule has 7 nitrogen and oxygen atoms in total. The molecule has 8 heteroatoms. The van der Waals surface area contributed by atoms with Crippen LogP contribution in [0.25, 0.3) is 0 Å². The van der Waals surface area contributed by atoms with E-state index in [9.17, 15) is 8.42 Å². The standard InChI is InChI=1S/C18H24N4O3S/c1-12-10-15(25-3)16(11-13(12)2)26(23,24)22-18-9-8-17(20-21-18)19-14-6-4-5-7-14/h8-11,14H,4-7H2,1-3H3,(H,19,20)(H,21,22). The van der Waals surface area contributed by atoms with E-state index in [-0.39, 0.29) is 10.7 Å². The Balaban J connectivity index is 1.78. The van der Waals surface area contributed by atoms with Crippen molar-refractivity contribution >= 4 is 21.7 Å². The van der Waals surface area contributed by atoms with Crippen LogP contribution in [0.5, 0.6) is 5.75 Å². The van der Waals surface area contributed by atoms with Crippen LogP contribution in [0.15, 0.2) is 29.2 Å². The minimum atomic E-state index is -3.83. The van der Waals surface area contributed by atoms with Gasteiger partial charge in [-0.2, -0.15) is 0 Å². The summed E-state index contributed by atoms with van der Waals surface area (Å²) in [6.07, 6.45) is 4.70. The zero-order chi connectivity index (χ0) is 18.7. The summed E-state index contributed by atoms with van der Waals surface area (Å²) < 4.78 is 33.2. The van der Waals surface area contributed by atoms with Gasteiger partial charge in [0.2, 0.25) is 0 Å². The first-order valence-corrected chi connectivity index (χ1v) is 10.2. The molecule has 3 rings (SSSR count). The number of anilines is 2. The summed E-state index contributed by atoms with van der Waals surface area (Å²) in [6, 6.07) is 7.08. The number of aryl methyl sites for hydroxylation is 2. The van der Waals surface area contributed by atoms with Gasteiger partial charge >= 0.3 is 0 Å². The van der Waals surface area contributed by atoms with Gasteiger partial charge in [-0.3, -0.25) is 4.72 Å². The molecule has 1 fully saturated rings. The van der Waals surface area contributed by atoms with Gasteiger partial charge < -0.3 is 10.1 Å². The normalized spacial score (nSPS) is 15.0. The lowest BCUT2D eigenvalue weighted by molar-refractivity contribution is 0.402. The molecule has 2 aromatic rings. The van der Waals surface area contributed by atoms with Crippen molar-refractivity contribution in [1.82, 2.24) is 10.2 Å². The molecule has 0 saturated heterocycles. The van der Waals surface area contributed by atoms with Crippen molar-refractivity contribution in [3.05, 3.63) is 35.4 Å². The van der Waals surface area contributed by atoms with Crippen LogP contribution in [-0.2, 0) is 10.0 Å². The minimum Gasteiger partial charge on any atom is -0.495 e. The Morgan fingerprint density at radius 2 is 1.65 bits per heavy atom. The predicted molar refractivity (Wildman–Crippen MR) is 101 cm³/mol. The lowest BCUT2D eigenvalue weighted by Crippen LogP contribution is -2.18. The molecule has 0 aliphatic heterocycles. The summed E-state index contributed by atoms with van der Waals surface area (Å²) in [6.45, 7) is 3.76. The number of hydrogen-bond donors (Lipinski definition) is 2. The lowest BCUT2D eigenvalue weighted by Gasteiger charge is -2.14. The monoisotopic (exact) mass is 376 g/mol. The van der Waals surface area contributed by atoms with Crippen LogP contribution in [0.2, 0.25) is 0 Å². The van der Waals surface area contributed by atoms with E-state index in [1.165, 1.54) is 20.0 Å². The second kappa shape index (κ2) is 7.49. The van der Waals surface area contributed by atoms with Gasteiger partial charge in [0, 0.05) is 6.04 Å². The lowest BCUT2D eigenvalue weighted by atomic mass is 10.1. The van der Waals surface area contributed by atoms with Crippen LogP contribution in [0.4, 0.5) is 11.6 Å². The van der Waals surface area contributed by atoms with Crippen molar-refractivity contribution < 1.29 is 13.2 Å². The van der Waals surface area contributed by atoms with Gasteiger partial charge in [-0.1, -0.05) is 12.8 Å². The first-order chi connectivity index (χ1) is 12.4. The Morgan fingerprint density at radius 3 is 2.27 bits per heavy atom. The number of aromatic nitrogens is 2. The molecule has 1 aromatic heterocycles. The third-order valence-electron chi connectivity index (χ3n) is 4.68. The SMILES string of the molecule is COc1cc(C)c(C)cc1S(=O)(=O)Nc1ccc(NC2CCCC2)nn1. The van der Waals surface area contributed by atoms with E-state index >= 15 is 0 Å². The van der Waals surface area contributed by atoms with Crippen LogP contribution in [0.3, 0.4) is 0 Å². The molecular weight excluding hydrogens is 352 g/mol. The molecule has 0 radical (unpaired) electrons. The maximum atomic E-state index is 12.7. The van der Waals surface area contributed by atoms with Crippen molar-refractivity contribution in [2.24, 2.45) is 0 Å². The van der Waals surface area contributed by atoms with Crippen LogP contribution in [0.1, 0.15) is 36.8 Å². The predicted octanol–water partition coefficient (Wildman–Crippen LogP) is 3.26. The molecule has 0 bridgehead atoms. The largest absolute Gasteiger partial charge is 0.495 e. The number of rotatable bonds is 6. The third-order valence-corrected chi connectivity index (χ3v) is 6.06. The van der Waals surface area contributed by atoms with E-state index in [0.717, 1.165) is 24.0 Å². The highest BCUT2D eigenvalue weighted by molar-refractivity contribution is 7.92. The van der Waals surface area contributed by atoms with Gasteiger partial charge in [-0.25, -0.2) is 8.42 Å². The maximum Gasteiger partial charge on any atom is 0.266 e. The van der Waals surface area contributed by atoms with Gasteiger partial charge in [0.1, 0.15) is 16.5 Å². The van der Waals surface area contributed by atoms with Crippen molar-refractivity contribution in [1.29, 1.82) is 0 Å². The van der Waals surface area contributed by atoms with E-state index < -0.39 is 10.0 Å². The molecular formula is C18H24N4O3S. The van der Waals surface area contributed by atoms with E-state index in [0.29, 0.717) is 17.6 Å². The Morgan fingerprint density at radius 1 is 1.04 bits per heavy atom. The zero-order valence-electron chi connectivity index (χ0n) is 15.2.